The van der Waals surface area contributed by atoms with Gasteiger partial charge in [-0.3, -0.25) is 0 Å². The quantitative estimate of drug-likeness (QED) is 0.684. The van der Waals surface area contributed by atoms with Gasteiger partial charge in [0.05, 0.1) is 17.1 Å². The van der Waals surface area contributed by atoms with Crippen molar-refractivity contribution in [3.63, 3.8) is 0 Å². The lowest BCUT2D eigenvalue weighted by Gasteiger charge is -2.12. The summed E-state index contributed by atoms with van der Waals surface area (Å²) in [6.45, 7) is 4.00. The Hall–Kier alpha value is -1.52. The summed E-state index contributed by atoms with van der Waals surface area (Å²) >= 11 is 11.4. The summed E-state index contributed by atoms with van der Waals surface area (Å²) in [4.78, 5) is 3.18. The number of aromatic nitrogens is 2. The molecule has 1 unspecified atom stereocenters. The maximum Gasteiger partial charge on any atom is 0.178 e. The highest BCUT2D eigenvalue weighted by Crippen LogP contribution is 2.27. The van der Waals surface area contributed by atoms with Crippen molar-refractivity contribution in [1.82, 2.24) is 9.55 Å². The van der Waals surface area contributed by atoms with Gasteiger partial charge in [0.2, 0.25) is 0 Å². The number of hydrogen-bond acceptors (Lipinski definition) is 2. The number of aryl methyl sites for hydroxylation is 1. The van der Waals surface area contributed by atoms with Crippen molar-refractivity contribution in [3.05, 3.63) is 51.6 Å². The van der Waals surface area contributed by atoms with Crippen molar-refractivity contribution in [2.75, 3.05) is 0 Å². The molecule has 5 heteroatoms. The van der Waals surface area contributed by atoms with Gasteiger partial charge in [0, 0.05) is 5.02 Å². The number of rotatable bonds is 2. The number of halogens is 1. The number of fused-ring (bicyclic) bond motifs is 1. The first-order chi connectivity index (χ1) is 9.06. The minimum absolute atomic E-state index is 0.0381. The Labute approximate surface area is 120 Å². The summed E-state index contributed by atoms with van der Waals surface area (Å²) in [6.07, 6.45) is 0. The van der Waals surface area contributed by atoms with E-state index in [1.807, 2.05) is 41.8 Å². The summed E-state index contributed by atoms with van der Waals surface area (Å²) < 4.78 is 8.40. The standard InChI is InChI=1S/C14H13ClN2OS/c1-8-3-6-13(18-8)9(2)17-12-5-4-10(15)7-11(12)16-14(17)19/h3-7,9H,1-2H3,(H,16,19). The molecule has 1 N–H and O–H groups in total. The van der Waals surface area contributed by atoms with Crippen LogP contribution in [0.25, 0.3) is 11.0 Å². The van der Waals surface area contributed by atoms with Crippen LogP contribution in [0.2, 0.25) is 5.02 Å². The first kappa shape index (κ1) is 12.5. The molecule has 0 radical (unpaired) electrons. The molecule has 1 aromatic carbocycles. The Kier molecular flexibility index (Phi) is 2.99. The van der Waals surface area contributed by atoms with Crippen molar-refractivity contribution >= 4 is 34.9 Å². The van der Waals surface area contributed by atoms with Crippen LogP contribution in [0.15, 0.2) is 34.7 Å². The van der Waals surface area contributed by atoms with E-state index >= 15 is 0 Å². The molecule has 0 saturated carbocycles. The second-order valence-corrected chi connectivity index (χ2v) is 5.41. The molecule has 0 fully saturated rings. The summed E-state index contributed by atoms with van der Waals surface area (Å²) in [5.41, 5.74) is 1.96. The van der Waals surface area contributed by atoms with E-state index in [2.05, 4.69) is 11.9 Å². The molecule has 0 aliphatic rings. The van der Waals surface area contributed by atoms with E-state index in [1.165, 1.54) is 0 Å². The predicted molar refractivity (Wildman–Crippen MR) is 79.4 cm³/mol. The number of aromatic amines is 1. The van der Waals surface area contributed by atoms with Crippen LogP contribution in [-0.4, -0.2) is 9.55 Å². The van der Waals surface area contributed by atoms with Crippen molar-refractivity contribution in [2.45, 2.75) is 19.9 Å². The Morgan fingerprint density at radius 3 is 2.79 bits per heavy atom. The highest BCUT2D eigenvalue weighted by atomic mass is 35.5. The van der Waals surface area contributed by atoms with Gasteiger partial charge in [-0.05, 0) is 56.4 Å². The molecule has 3 rings (SSSR count). The minimum Gasteiger partial charge on any atom is -0.464 e. The van der Waals surface area contributed by atoms with Crippen molar-refractivity contribution < 1.29 is 4.42 Å². The molecular formula is C14H13ClN2OS. The number of benzene rings is 1. The first-order valence-corrected chi connectivity index (χ1v) is 6.81. The normalized spacial score (nSPS) is 13.0. The van der Waals surface area contributed by atoms with Crippen molar-refractivity contribution in [2.24, 2.45) is 0 Å². The van der Waals surface area contributed by atoms with Gasteiger partial charge in [-0.15, -0.1) is 0 Å². The summed E-state index contributed by atoms with van der Waals surface area (Å²) in [5, 5.41) is 0.692. The lowest BCUT2D eigenvalue weighted by molar-refractivity contribution is 0.431. The maximum absolute atomic E-state index is 6.00. The number of imidazole rings is 1. The van der Waals surface area contributed by atoms with Crippen LogP contribution in [0.3, 0.4) is 0 Å². The van der Waals surface area contributed by atoms with Gasteiger partial charge in [0.1, 0.15) is 11.5 Å². The molecule has 98 valence electrons. The number of nitrogens with zero attached hydrogens (tertiary/aromatic N) is 1. The topological polar surface area (TPSA) is 33.9 Å². The third kappa shape index (κ3) is 2.11. The molecule has 2 heterocycles. The second kappa shape index (κ2) is 4.54. The largest absolute Gasteiger partial charge is 0.464 e. The lowest BCUT2D eigenvalue weighted by atomic mass is 10.2. The van der Waals surface area contributed by atoms with Crippen molar-refractivity contribution in [3.8, 4) is 0 Å². The summed E-state index contributed by atoms with van der Waals surface area (Å²) in [7, 11) is 0. The Bertz CT molecular complexity index is 799. The molecule has 0 spiro atoms. The summed E-state index contributed by atoms with van der Waals surface area (Å²) in [5.74, 6) is 1.79. The average molecular weight is 293 g/mol. The van der Waals surface area contributed by atoms with E-state index in [4.69, 9.17) is 28.2 Å². The fourth-order valence-corrected chi connectivity index (χ4v) is 2.83. The molecule has 1 atom stereocenters. The molecule has 3 aromatic rings. The number of H-pyrrole nitrogens is 1. The molecule has 0 bridgehead atoms. The fourth-order valence-electron chi connectivity index (χ4n) is 2.29. The fraction of sp³-hybridized carbons (Fsp3) is 0.214. The molecule has 19 heavy (non-hydrogen) atoms. The maximum atomic E-state index is 6.00. The number of nitrogens with one attached hydrogen (secondary N) is 1. The van der Waals surface area contributed by atoms with Gasteiger partial charge < -0.3 is 14.0 Å². The zero-order valence-corrected chi connectivity index (χ0v) is 12.2. The van der Waals surface area contributed by atoms with Gasteiger partial charge in [-0.2, -0.15) is 0 Å². The monoisotopic (exact) mass is 292 g/mol. The smallest absolute Gasteiger partial charge is 0.178 e. The van der Waals surface area contributed by atoms with Crippen LogP contribution in [0.4, 0.5) is 0 Å². The predicted octanol–water partition coefficient (Wildman–Crippen LogP) is 4.86. The van der Waals surface area contributed by atoms with Crippen LogP contribution in [0.1, 0.15) is 24.5 Å². The zero-order valence-electron chi connectivity index (χ0n) is 10.6. The third-order valence-electron chi connectivity index (χ3n) is 3.24. The zero-order chi connectivity index (χ0) is 13.6. The van der Waals surface area contributed by atoms with E-state index < -0.39 is 0 Å². The molecule has 0 amide bonds. The molecule has 0 aliphatic carbocycles. The van der Waals surface area contributed by atoms with E-state index in [-0.39, 0.29) is 6.04 Å². The highest BCUT2D eigenvalue weighted by molar-refractivity contribution is 7.71. The Morgan fingerprint density at radius 1 is 1.32 bits per heavy atom. The van der Waals surface area contributed by atoms with Crippen molar-refractivity contribution in [1.29, 1.82) is 0 Å². The molecule has 2 aromatic heterocycles. The van der Waals surface area contributed by atoms with E-state index in [0.29, 0.717) is 9.79 Å². The molecular weight excluding hydrogens is 280 g/mol. The van der Waals surface area contributed by atoms with Gasteiger partial charge in [0.15, 0.2) is 4.77 Å². The number of furan rings is 1. The van der Waals surface area contributed by atoms with Gasteiger partial charge in [0.25, 0.3) is 0 Å². The van der Waals surface area contributed by atoms with Gasteiger partial charge >= 0.3 is 0 Å². The average Bonchev–Trinajstić information content (AvgIpc) is 2.91. The summed E-state index contributed by atoms with van der Waals surface area (Å²) in [6, 6.07) is 9.69. The Balaban J connectivity index is 2.19. The van der Waals surface area contributed by atoms with Crippen LogP contribution in [0.5, 0.6) is 0 Å². The van der Waals surface area contributed by atoms with E-state index in [9.17, 15) is 0 Å². The SMILES string of the molecule is Cc1ccc(C(C)n2c(=S)[nH]c3cc(Cl)ccc32)o1. The second-order valence-electron chi connectivity index (χ2n) is 4.59. The first-order valence-electron chi connectivity index (χ1n) is 6.02. The van der Waals surface area contributed by atoms with Gasteiger partial charge in [-0.1, -0.05) is 11.6 Å². The van der Waals surface area contributed by atoms with Crippen LogP contribution in [0, 0.1) is 11.7 Å². The molecule has 3 nitrogen and oxygen atoms in total. The van der Waals surface area contributed by atoms with Crippen LogP contribution >= 0.6 is 23.8 Å². The third-order valence-corrected chi connectivity index (χ3v) is 3.77. The number of hydrogen-bond donors (Lipinski definition) is 1. The van der Waals surface area contributed by atoms with E-state index in [0.717, 1.165) is 22.6 Å². The minimum atomic E-state index is 0.0381. The lowest BCUT2D eigenvalue weighted by Crippen LogP contribution is -2.05. The van der Waals surface area contributed by atoms with Crippen LogP contribution < -0.4 is 0 Å². The molecule has 0 saturated heterocycles. The Morgan fingerprint density at radius 2 is 2.11 bits per heavy atom. The molecule has 0 aliphatic heterocycles. The van der Waals surface area contributed by atoms with Crippen LogP contribution in [-0.2, 0) is 0 Å². The highest BCUT2D eigenvalue weighted by Gasteiger charge is 2.16. The van der Waals surface area contributed by atoms with Gasteiger partial charge in [-0.25, -0.2) is 0 Å². The van der Waals surface area contributed by atoms with E-state index in [1.54, 1.807) is 0 Å².